The van der Waals surface area contributed by atoms with Crippen molar-refractivity contribution in [2.45, 2.75) is 19.5 Å². The third-order valence-electron chi connectivity index (χ3n) is 2.34. The zero-order valence-electron chi connectivity index (χ0n) is 10.7. The lowest BCUT2D eigenvalue weighted by molar-refractivity contribution is -0.137. The van der Waals surface area contributed by atoms with E-state index in [9.17, 15) is 22.8 Å². The average molecular weight is 302 g/mol. The fourth-order valence-electron chi connectivity index (χ4n) is 1.49. The number of alkyl halides is 3. The summed E-state index contributed by atoms with van der Waals surface area (Å²) >= 11 is 1.16. The van der Waals surface area contributed by atoms with Gasteiger partial charge in [-0.3, -0.25) is 9.59 Å². The Bertz CT molecular complexity index is 522. The molecule has 0 heterocycles. The van der Waals surface area contributed by atoms with Gasteiger partial charge in [-0.15, -0.1) is 0 Å². The quantitative estimate of drug-likeness (QED) is 0.604. The zero-order valence-corrected chi connectivity index (χ0v) is 11.6. The van der Waals surface area contributed by atoms with Crippen LogP contribution in [0.25, 0.3) is 6.08 Å². The second kappa shape index (κ2) is 7.28. The van der Waals surface area contributed by atoms with E-state index in [1.54, 1.807) is 6.08 Å². The summed E-state index contributed by atoms with van der Waals surface area (Å²) in [5.74, 6) is 0.575. The Kier molecular flexibility index (Phi) is 6.01. The van der Waals surface area contributed by atoms with E-state index in [-0.39, 0.29) is 10.7 Å². The molecule has 0 spiro atoms. The number of carbonyl (C=O) groups is 2. The highest BCUT2D eigenvalue weighted by Crippen LogP contribution is 2.30. The maximum Gasteiger partial charge on any atom is 0.416 e. The lowest BCUT2D eigenvalue weighted by Crippen LogP contribution is -2.06. The van der Waals surface area contributed by atoms with Crippen molar-refractivity contribution in [1.82, 2.24) is 0 Å². The summed E-state index contributed by atoms with van der Waals surface area (Å²) in [5, 5.41) is 0.000657. The van der Waals surface area contributed by atoms with Crippen molar-refractivity contribution in [3.63, 3.8) is 0 Å². The lowest BCUT2D eigenvalue weighted by atomic mass is 10.1. The van der Waals surface area contributed by atoms with E-state index in [4.69, 9.17) is 0 Å². The molecule has 0 N–H and O–H groups in total. The van der Waals surface area contributed by atoms with Gasteiger partial charge in [-0.25, -0.2) is 0 Å². The van der Waals surface area contributed by atoms with E-state index < -0.39 is 11.7 Å². The van der Waals surface area contributed by atoms with Crippen LogP contribution < -0.4 is 0 Å². The van der Waals surface area contributed by atoms with Crippen molar-refractivity contribution in [2.24, 2.45) is 0 Å². The van der Waals surface area contributed by atoms with Crippen LogP contribution in [0.15, 0.2) is 24.3 Å². The van der Waals surface area contributed by atoms with Crippen LogP contribution >= 0.6 is 11.8 Å². The number of hydrogen-bond donors (Lipinski definition) is 0. The number of allylic oxidation sites excluding steroid dienone is 1. The number of carbonyl (C=O) groups excluding carboxylic acids is 2. The Labute approximate surface area is 119 Å². The van der Waals surface area contributed by atoms with E-state index in [2.05, 4.69) is 0 Å². The first kappa shape index (κ1) is 16.5. The van der Waals surface area contributed by atoms with Crippen molar-refractivity contribution in [3.05, 3.63) is 41.0 Å². The summed E-state index contributed by atoms with van der Waals surface area (Å²) in [6.45, 7) is 1.46. The molecule has 0 amide bonds. The van der Waals surface area contributed by atoms with Gasteiger partial charge in [-0.05, 0) is 30.2 Å². The van der Waals surface area contributed by atoms with Gasteiger partial charge in [0.15, 0.2) is 5.12 Å². The van der Waals surface area contributed by atoms with Crippen LogP contribution in [0.5, 0.6) is 0 Å². The van der Waals surface area contributed by atoms with Crippen molar-refractivity contribution < 1.29 is 22.8 Å². The Morgan fingerprint density at radius 2 is 1.90 bits per heavy atom. The van der Waals surface area contributed by atoms with Crippen LogP contribution in [0.1, 0.15) is 34.8 Å². The molecular formula is C14H13F3O2S. The maximum absolute atomic E-state index is 12.6. The second-order valence-corrected chi connectivity index (χ2v) is 5.31. The molecule has 0 fully saturated rings. The summed E-state index contributed by atoms with van der Waals surface area (Å²) in [6.07, 6.45) is -0.329. The molecule has 0 saturated heterocycles. The minimum Gasteiger partial charge on any atom is -0.298 e. The van der Waals surface area contributed by atoms with Crippen LogP contribution in [0.4, 0.5) is 13.2 Å². The highest BCUT2D eigenvalue weighted by molar-refractivity contribution is 8.13. The molecule has 0 aliphatic carbocycles. The normalized spacial score (nSPS) is 11.8. The van der Waals surface area contributed by atoms with Gasteiger partial charge < -0.3 is 0 Å². The monoisotopic (exact) mass is 302 g/mol. The van der Waals surface area contributed by atoms with Crippen molar-refractivity contribution >= 4 is 29.2 Å². The number of thioether (sulfide) groups is 1. The third kappa shape index (κ3) is 5.61. The lowest BCUT2D eigenvalue weighted by Gasteiger charge is -2.08. The molecule has 1 aromatic rings. The van der Waals surface area contributed by atoms with Crippen LogP contribution in [0.2, 0.25) is 0 Å². The Morgan fingerprint density at radius 3 is 2.45 bits per heavy atom. The Balaban J connectivity index is 2.81. The largest absolute Gasteiger partial charge is 0.416 e. The first-order valence-electron chi connectivity index (χ1n) is 5.80. The number of aldehydes is 1. The summed E-state index contributed by atoms with van der Waals surface area (Å²) in [6, 6.07) is 3.19. The summed E-state index contributed by atoms with van der Waals surface area (Å²) < 4.78 is 37.9. The highest BCUT2D eigenvalue weighted by Gasteiger charge is 2.30. The summed E-state index contributed by atoms with van der Waals surface area (Å²) in [5.41, 5.74) is -0.549. The van der Waals surface area contributed by atoms with Gasteiger partial charge in [0.2, 0.25) is 0 Å². The van der Waals surface area contributed by atoms with E-state index in [1.165, 1.54) is 19.1 Å². The molecule has 0 saturated carbocycles. The molecule has 0 bridgehead atoms. The van der Waals surface area contributed by atoms with E-state index >= 15 is 0 Å². The first-order chi connectivity index (χ1) is 9.32. The number of rotatable bonds is 5. The number of benzene rings is 1. The molecule has 6 heteroatoms. The SMILES string of the molecule is CC(=O)SCCC=Cc1cc(C=O)cc(C(F)(F)F)c1. The van der Waals surface area contributed by atoms with Gasteiger partial charge >= 0.3 is 6.18 Å². The van der Waals surface area contributed by atoms with Gasteiger partial charge in [0.1, 0.15) is 6.29 Å². The van der Waals surface area contributed by atoms with Gasteiger partial charge in [-0.1, -0.05) is 23.9 Å². The van der Waals surface area contributed by atoms with E-state index in [1.807, 2.05) is 0 Å². The van der Waals surface area contributed by atoms with Crippen molar-refractivity contribution in [2.75, 3.05) is 5.75 Å². The van der Waals surface area contributed by atoms with Crippen LogP contribution in [-0.4, -0.2) is 17.2 Å². The molecule has 0 atom stereocenters. The molecular weight excluding hydrogens is 289 g/mol. The predicted molar refractivity (Wildman–Crippen MR) is 73.6 cm³/mol. The first-order valence-corrected chi connectivity index (χ1v) is 6.79. The van der Waals surface area contributed by atoms with Gasteiger partial charge in [0.25, 0.3) is 0 Å². The molecule has 108 valence electrons. The number of halogens is 3. The zero-order chi connectivity index (χ0) is 15.2. The molecule has 0 aliphatic heterocycles. The van der Waals surface area contributed by atoms with Crippen LogP contribution in [0.3, 0.4) is 0 Å². The van der Waals surface area contributed by atoms with Crippen molar-refractivity contribution in [3.8, 4) is 0 Å². The standard InChI is InChI=1S/C14H13F3O2S/c1-10(19)20-5-3-2-4-11-6-12(9-18)8-13(7-11)14(15,16)17/h2,4,6-9H,3,5H2,1H3. The van der Waals surface area contributed by atoms with Crippen LogP contribution in [0, 0.1) is 0 Å². The molecule has 0 unspecified atom stereocenters. The fourth-order valence-corrected chi connectivity index (χ4v) is 2.04. The minimum atomic E-state index is -4.48. The molecule has 20 heavy (non-hydrogen) atoms. The fraction of sp³-hybridized carbons (Fsp3) is 0.286. The molecule has 0 aromatic heterocycles. The van der Waals surface area contributed by atoms with Crippen molar-refractivity contribution in [1.29, 1.82) is 0 Å². The molecule has 0 aliphatic rings. The minimum absolute atomic E-state index is 0.000657. The van der Waals surface area contributed by atoms with Crippen LogP contribution in [-0.2, 0) is 11.0 Å². The topological polar surface area (TPSA) is 34.1 Å². The van der Waals surface area contributed by atoms with E-state index in [0.29, 0.717) is 24.0 Å². The van der Waals surface area contributed by atoms with Gasteiger partial charge in [-0.2, -0.15) is 13.2 Å². The molecule has 0 radical (unpaired) electrons. The van der Waals surface area contributed by atoms with E-state index in [0.717, 1.165) is 23.9 Å². The van der Waals surface area contributed by atoms with Gasteiger partial charge in [0, 0.05) is 18.2 Å². The Morgan fingerprint density at radius 1 is 1.25 bits per heavy atom. The summed E-state index contributed by atoms with van der Waals surface area (Å²) in [4.78, 5) is 21.3. The summed E-state index contributed by atoms with van der Waals surface area (Å²) in [7, 11) is 0. The molecule has 2 nitrogen and oxygen atoms in total. The average Bonchev–Trinajstić information content (AvgIpc) is 2.36. The molecule has 1 rings (SSSR count). The smallest absolute Gasteiger partial charge is 0.298 e. The third-order valence-corrected chi connectivity index (χ3v) is 3.19. The predicted octanol–water partition coefficient (Wildman–Crippen LogP) is 4.20. The maximum atomic E-state index is 12.6. The highest BCUT2D eigenvalue weighted by atomic mass is 32.2. The Hall–Kier alpha value is -1.56. The number of hydrogen-bond acceptors (Lipinski definition) is 3. The van der Waals surface area contributed by atoms with Gasteiger partial charge in [0.05, 0.1) is 5.56 Å². The molecule has 1 aromatic carbocycles. The second-order valence-electron chi connectivity index (χ2n) is 4.04.